The molecule has 0 bridgehead atoms. The van der Waals surface area contributed by atoms with Gasteiger partial charge in [0.1, 0.15) is 0 Å². The van der Waals surface area contributed by atoms with Crippen LogP contribution < -0.4 is 5.32 Å². The lowest BCUT2D eigenvalue weighted by atomic mass is 9.92. The van der Waals surface area contributed by atoms with E-state index in [0.29, 0.717) is 0 Å². The van der Waals surface area contributed by atoms with Crippen molar-refractivity contribution in [1.29, 1.82) is 0 Å². The van der Waals surface area contributed by atoms with E-state index >= 15 is 0 Å². The van der Waals surface area contributed by atoms with Gasteiger partial charge in [0.25, 0.3) is 0 Å². The van der Waals surface area contributed by atoms with Crippen molar-refractivity contribution in [3.63, 3.8) is 0 Å². The molecule has 0 atom stereocenters. The summed E-state index contributed by atoms with van der Waals surface area (Å²) in [6.45, 7) is 0. The van der Waals surface area contributed by atoms with Crippen LogP contribution in [0.2, 0.25) is 0 Å². The fourth-order valence-electron chi connectivity index (χ4n) is 4.64. The van der Waals surface area contributed by atoms with Gasteiger partial charge in [-0.2, -0.15) is 0 Å². The predicted octanol–water partition coefficient (Wildman–Crippen LogP) is 9.07. The first kappa shape index (κ1) is 19.3. The maximum absolute atomic E-state index is 3.59. The Morgan fingerprint density at radius 3 is 1.61 bits per heavy atom. The van der Waals surface area contributed by atoms with Crippen LogP contribution in [-0.2, 0) is 0 Å². The normalized spacial score (nSPS) is 11.0. The van der Waals surface area contributed by atoms with E-state index in [-0.39, 0.29) is 0 Å². The summed E-state index contributed by atoms with van der Waals surface area (Å²) in [4.78, 5) is 0. The van der Waals surface area contributed by atoms with Crippen LogP contribution in [0.5, 0.6) is 0 Å². The minimum atomic E-state index is 1.08. The first-order chi connectivity index (χ1) is 16.4. The maximum Gasteiger partial charge on any atom is 0.0463 e. The van der Waals surface area contributed by atoms with Crippen molar-refractivity contribution in [3.05, 3.63) is 133 Å². The predicted molar refractivity (Wildman–Crippen MR) is 142 cm³/mol. The molecule has 0 aliphatic carbocycles. The summed E-state index contributed by atoms with van der Waals surface area (Å²) in [6.07, 6.45) is 0. The van der Waals surface area contributed by atoms with Gasteiger partial charge in [0.2, 0.25) is 0 Å². The molecule has 0 radical (unpaired) electrons. The Morgan fingerprint density at radius 1 is 0.364 bits per heavy atom. The summed E-state index contributed by atoms with van der Waals surface area (Å²) >= 11 is 0. The molecule has 33 heavy (non-hydrogen) atoms. The molecule has 6 rings (SSSR count). The van der Waals surface area contributed by atoms with E-state index in [1.54, 1.807) is 0 Å². The maximum atomic E-state index is 3.59. The molecule has 0 spiro atoms. The smallest absolute Gasteiger partial charge is 0.0463 e. The molecule has 1 nitrogen and oxygen atoms in total. The third kappa shape index (κ3) is 3.64. The molecule has 1 N–H and O–H groups in total. The molecule has 6 aromatic rings. The van der Waals surface area contributed by atoms with Gasteiger partial charge in [-0.25, -0.2) is 0 Å². The topological polar surface area (TPSA) is 12.0 Å². The van der Waals surface area contributed by atoms with Gasteiger partial charge in [0, 0.05) is 16.8 Å². The monoisotopic (exact) mass is 421 g/mol. The molecular formula is C32H23N. The van der Waals surface area contributed by atoms with E-state index in [9.17, 15) is 0 Å². The Morgan fingerprint density at radius 2 is 0.909 bits per heavy atom. The third-order valence-electron chi connectivity index (χ3n) is 6.27. The first-order valence-corrected chi connectivity index (χ1v) is 11.3. The second-order valence-corrected chi connectivity index (χ2v) is 8.30. The molecule has 156 valence electrons. The molecule has 0 heterocycles. The minimum absolute atomic E-state index is 1.08. The zero-order valence-corrected chi connectivity index (χ0v) is 18.2. The fourth-order valence-corrected chi connectivity index (χ4v) is 4.64. The highest BCUT2D eigenvalue weighted by Crippen LogP contribution is 2.36. The molecule has 0 amide bonds. The number of benzene rings is 6. The molecule has 0 aliphatic heterocycles. The zero-order valence-electron chi connectivity index (χ0n) is 18.2. The highest BCUT2D eigenvalue weighted by molar-refractivity contribution is 6.05. The van der Waals surface area contributed by atoms with Gasteiger partial charge in [0.05, 0.1) is 0 Å². The number of nitrogens with one attached hydrogen (secondary N) is 1. The summed E-state index contributed by atoms with van der Waals surface area (Å²) in [5, 5.41) is 8.61. The highest BCUT2D eigenvalue weighted by atomic mass is 14.9. The van der Waals surface area contributed by atoms with Crippen molar-refractivity contribution in [1.82, 2.24) is 0 Å². The van der Waals surface area contributed by atoms with E-state index in [0.717, 1.165) is 11.4 Å². The van der Waals surface area contributed by atoms with E-state index in [4.69, 9.17) is 0 Å². The van der Waals surface area contributed by atoms with Gasteiger partial charge in [-0.1, -0.05) is 115 Å². The lowest BCUT2D eigenvalue weighted by Gasteiger charge is -2.13. The van der Waals surface area contributed by atoms with Gasteiger partial charge < -0.3 is 5.32 Å². The molecule has 6 aromatic carbocycles. The Bertz CT molecular complexity index is 1560. The largest absolute Gasteiger partial charge is 0.355 e. The lowest BCUT2D eigenvalue weighted by Crippen LogP contribution is -1.92. The van der Waals surface area contributed by atoms with Crippen molar-refractivity contribution >= 4 is 32.9 Å². The van der Waals surface area contributed by atoms with E-state index in [1.807, 2.05) is 0 Å². The summed E-state index contributed by atoms with van der Waals surface area (Å²) in [7, 11) is 0. The van der Waals surface area contributed by atoms with E-state index in [2.05, 4.69) is 139 Å². The molecule has 0 saturated carbocycles. The SMILES string of the molecule is c1ccc(-c2ccc(-c3ccc(Nc4cccc5ccccc45)cc3)c3ccccc23)cc1. The number of rotatable bonds is 4. The molecule has 0 fully saturated rings. The molecular weight excluding hydrogens is 398 g/mol. The number of fused-ring (bicyclic) bond motifs is 2. The van der Waals surface area contributed by atoms with E-state index in [1.165, 1.54) is 43.8 Å². The summed E-state index contributed by atoms with van der Waals surface area (Å²) in [5.41, 5.74) is 7.19. The highest BCUT2D eigenvalue weighted by Gasteiger charge is 2.09. The fraction of sp³-hybridized carbons (Fsp3) is 0. The molecule has 0 aromatic heterocycles. The van der Waals surface area contributed by atoms with Gasteiger partial charge >= 0.3 is 0 Å². The van der Waals surface area contributed by atoms with Crippen LogP contribution in [0.25, 0.3) is 43.8 Å². The first-order valence-electron chi connectivity index (χ1n) is 11.3. The van der Waals surface area contributed by atoms with E-state index < -0.39 is 0 Å². The number of hydrogen-bond acceptors (Lipinski definition) is 1. The van der Waals surface area contributed by atoms with Gasteiger partial charge in [-0.15, -0.1) is 0 Å². The molecule has 1 heteroatoms. The number of anilines is 2. The third-order valence-corrected chi connectivity index (χ3v) is 6.27. The summed E-state index contributed by atoms with van der Waals surface area (Å²) in [6, 6.07) is 47.4. The van der Waals surface area contributed by atoms with Crippen LogP contribution >= 0.6 is 0 Å². The van der Waals surface area contributed by atoms with Crippen molar-refractivity contribution in [2.24, 2.45) is 0 Å². The average molecular weight is 422 g/mol. The number of hydrogen-bond donors (Lipinski definition) is 1. The minimum Gasteiger partial charge on any atom is -0.355 e. The summed E-state index contributed by atoms with van der Waals surface area (Å²) < 4.78 is 0. The van der Waals surface area contributed by atoms with Crippen molar-refractivity contribution in [3.8, 4) is 22.3 Å². The average Bonchev–Trinajstić information content (AvgIpc) is 2.89. The Hall–Kier alpha value is -4.36. The Kier molecular flexibility index (Phi) is 4.86. The van der Waals surface area contributed by atoms with Crippen LogP contribution in [0.3, 0.4) is 0 Å². The second-order valence-electron chi connectivity index (χ2n) is 8.30. The Balaban J connectivity index is 1.37. The van der Waals surface area contributed by atoms with Crippen LogP contribution in [0.4, 0.5) is 11.4 Å². The van der Waals surface area contributed by atoms with Gasteiger partial charge in [-0.05, 0) is 56.6 Å². The van der Waals surface area contributed by atoms with Crippen LogP contribution in [-0.4, -0.2) is 0 Å². The quantitative estimate of drug-likeness (QED) is 0.299. The molecule has 0 saturated heterocycles. The van der Waals surface area contributed by atoms with Crippen molar-refractivity contribution < 1.29 is 0 Å². The van der Waals surface area contributed by atoms with Crippen LogP contribution in [0.15, 0.2) is 133 Å². The van der Waals surface area contributed by atoms with Crippen LogP contribution in [0, 0.1) is 0 Å². The second kappa shape index (κ2) is 8.29. The lowest BCUT2D eigenvalue weighted by molar-refractivity contribution is 1.57. The molecule has 0 unspecified atom stereocenters. The van der Waals surface area contributed by atoms with Crippen molar-refractivity contribution in [2.45, 2.75) is 0 Å². The van der Waals surface area contributed by atoms with Crippen molar-refractivity contribution in [2.75, 3.05) is 5.32 Å². The molecule has 0 aliphatic rings. The zero-order chi connectivity index (χ0) is 22.0. The van der Waals surface area contributed by atoms with Gasteiger partial charge in [0.15, 0.2) is 0 Å². The van der Waals surface area contributed by atoms with Gasteiger partial charge in [-0.3, -0.25) is 0 Å². The standard InChI is InChI=1S/C32H23N/c1-2-9-23(10-3-1)27-21-22-28(31-15-7-6-14-30(27)31)25-17-19-26(20-18-25)33-32-16-8-12-24-11-4-5-13-29(24)32/h1-22,33H. The Labute approximate surface area is 194 Å². The van der Waals surface area contributed by atoms with Crippen LogP contribution in [0.1, 0.15) is 0 Å². The summed E-state index contributed by atoms with van der Waals surface area (Å²) in [5.74, 6) is 0.